The Kier molecular flexibility index (Phi) is 3.96. The second kappa shape index (κ2) is 5.02. The molecule has 0 aromatic heterocycles. The third-order valence-corrected chi connectivity index (χ3v) is 2.05. The van der Waals surface area contributed by atoms with Crippen molar-refractivity contribution in [3.63, 3.8) is 0 Å². The number of allylic oxidation sites excluding steroid dienone is 1. The first-order valence-electron chi connectivity index (χ1n) is 4.72. The third kappa shape index (κ3) is 4.08. The zero-order valence-electron chi connectivity index (χ0n) is 7.90. The van der Waals surface area contributed by atoms with E-state index in [0.717, 1.165) is 19.3 Å². The lowest BCUT2D eigenvalue weighted by molar-refractivity contribution is -0.150. The van der Waals surface area contributed by atoms with E-state index in [9.17, 15) is 9.90 Å². The average Bonchev–Trinajstić information content (AvgIpc) is 2.02. The molecule has 1 aliphatic rings. The summed E-state index contributed by atoms with van der Waals surface area (Å²) >= 11 is 0. The number of cyclic esters (lactones) is 1. The molecular formula is C10H16O3. The molecule has 74 valence electrons. The van der Waals surface area contributed by atoms with Crippen LogP contribution in [0.2, 0.25) is 0 Å². The van der Waals surface area contributed by atoms with Gasteiger partial charge in [-0.15, -0.1) is 0 Å². The maximum Gasteiger partial charge on any atom is 0.309 e. The number of carbonyl (C=O) groups is 1. The van der Waals surface area contributed by atoms with Crippen molar-refractivity contribution < 1.29 is 14.6 Å². The van der Waals surface area contributed by atoms with E-state index in [2.05, 4.69) is 0 Å². The molecule has 0 unspecified atom stereocenters. The van der Waals surface area contributed by atoms with E-state index in [4.69, 9.17) is 4.74 Å². The summed E-state index contributed by atoms with van der Waals surface area (Å²) in [5.74, 6) is -0.313. The SMILES string of the molecule is C[C@@H]1CCC/C=C\[C@@H](O)CC(=O)O1. The molecule has 0 amide bonds. The summed E-state index contributed by atoms with van der Waals surface area (Å²) in [6, 6.07) is 0. The number of rotatable bonds is 0. The Bertz CT molecular complexity index is 198. The molecule has 1 aliphatic heterocycles. The van der Waals surface area contributed by atoms with Crippen molar-refractivity contribution in [3.8, 4) is 0 Å². The van der Waals surface area contributed by atoms with Crippen LogP contribution < -0.4 is 0 Å². The highest BCUT2D eigenvalue weighted by Gasteiger charge is 2.13. The first-order valence-corrected chi connectivity index (χ1v) is 4.72. The molecule has 13 heavy (non-hydrogen) atoms. The van der Waals surface area contributed by atoms with Crippen molar-refractivity contribution in [2.24, 2.45) is 0 Å². The molecule has 1 heterocycles. The van der Waals surface area contributed by atoms with E-state index >= 15 is 0 Å². The number of hydrogen-bond acceptors (Lipinski definition) is 3. The summed E-state index contributed by atoms with van der Waals surface area (Å²) in [7, 11) is 0. The van der Waals surface area contributed by atoms with Gasteiger partial charge in [0.15, 0.2) is 0 Å². The molecule has 3 nitrogen and oxygen atoms in total. The lowest BCUT2D eigenvalue weighted by Crippen LogP contribution is -2.19. The lowest BCUT2D eigenvalue weighted by Gasteiger charge is -2.15. The summed E-state index contributed by atoms with van der Waals surface area (Å²) in [5.41, 5.74) is 0. The van der Waals surface area contributed by atoms with Crippen LogP contribution in [-0.4, -0.2) is 23.3 Å². The molecule has 0 saturated heterocycles. The molecule has 0 saturated carbocycles. The van der Waals surface area contributed by atoms with E-state index in [1.165, 1.54) is 0 Å². The Balaban J connectivity index is 2.51. The van der Waals surface area contributed by atoms with Crippen LogP contribution in [0, 0.1) is 0 Å². The zero-order valence-corrected chi connectivity index (χ0v) is 7.90. The van der Waals surface area contributed by atoms with Crippen molar-refractivity contribution >= 4 is 5.97 Å². The van der Waals surface area contributed by atoms with Crippen LogP contribution in [0.25, 0.3) is 0 Å². The molecule has 3 heteroatoms. The van der Waals surface area contributed by atoms with Gasteiger partial charge in [-0.25, -0.2) is 0 Å². The molecule has 0 bridgehead atoms. The monoisotopic (exact) mass is 184 g/mol. The summed E-state index contributed by atoms with van der Waals surface area (Å²) < 4.78 is 5.06. The molecule has 0 aromatic rings. The molecule has 0 spiro atoms. The van der Waals surface area contributed by atoms with Crippen molar-refractivity contribution in [3.05, 3.63) is 12.2 Å². The van der Waals surface area contributed by atoms with Gasteiger partial charge in [-0.05, 0) is 26.2 Å². The van der Waals surface area contributed by atoms with Crippen LogP contribution in [0.5, 0.6) is 0 Å². The van der Waals surface area contributed by atoms with Crippen LogP contribution in [-0.2, 0) is 9.53 Å². The smallest absolute Gasteiger partial charge is 0.309 e. The van der Waals surface area contributed by atoms with Crippen LogP contribution >= 0.6 is 0 Å². The van der Waals surface area contributed by atoms with Crippen LogP contribution in [0.3, 0.4) is 0 Å². The number of aliphatic hydroxyl groups is 1. The van der Waals surface area contributed by atoms with E-state index in [0.29, 0.717) is 0 Å². The zero-order chi connectivity index (χ0) is 9.68. The van der Waals surface area contributed by atoms with Gasteiger partial charge in [0.2, 0.25) is 0 Å². The van der Waals surface area contributed by atoms with E-state index in [1.807, 2.05) is 13.0 Å². The number of hydrogen-bond donors (Lipinski definition) is 1. The highest BCUT2D eigenvalue weighted by molar-refractivity contribution is 5.70. The molecule has 0 radical (unpaired) electrons. The molecule has 2 atom stereocenters. The number of esters is 1. The van der Waals surface area contributed by atoms with Crippen molar-refractivity contribution in [1.82, 2.24) is 0 Å². The van der Waals surface area contributed by atoms with Gasteiger partial charge in [0.05, 0.1) is 18.6 Å². The molecule has 0 aliphatic carbocycles. The molecule has 0 aromatic carbocycles. The Hall–Kier alpha value is -0.830. The topological polar surface area (TPSA) is 46.5 Å². The summed E-state index contributed by atoms with van der Waals surface area (Å²) in [6.45, 7) is 1.88. The fourth-order valence-corrected chi connectivity index (χ4v) is 1.35. The second-order valence-electron chi connectivity index (χ2n) is 3.43. The maximum absolute atomic E-state index is 11.1. The van der Waals surface area contributed by atoms with E-state index < -0.39 is 6.10 Å². The van der Waals surface area contributed by atoms with Crippen molar-refractivity contribution in [2.45, 2.75) is 44.8 Å². The average molecular weight is 184 g/mol. The van der Waals surface area contributed by atoms with Gasteiger partial charge in [0, 0.05) is 0 Å². The van der Waals surface area contributed by atoms with Gasteiger partial charge >= 0.3 is 5.97 Å². The number of ether oxygens (including phenoxy) is 1. The van der Waals surface area contributed by atoms with Crippen LogP contribution in [0.15, 0.2) is 12.2 Å². The van der Waals surface area contributed by atoms with Gasteiger partial charge in [-0.2, -0.15) is 0 Å². The highest BCUT2D eigenvalue weighted by atomic mass is 16.5. The fourth-order valence-electron chi connectivity index (χ4n) is 1.35. The van der Waals surface area contributed by atoms with Crippen molar-refractivity contribution in [1.29, 1.82) is 0 Å². The number of carbonyl (C=O) groups excluding carboxylic acids is 1. The molecular weight excluding hydrogens is 168 g/mol. The summed E-state index contributed by atoms with van der Waals surface area (Å²) in [6.07, 6.45) is 5.79. The molecule has 1 N–H and O–H groups in total. The standard InChI is InChI=1S/C10H16O3/c1-8-5-3-2-4-6-9(11)7-10(12)13-8/h4,6,8-9,11H,2-3,5,7H2,1H3/b6-4-/t8-,9-/m1/s1. The van der Waals surface area contributed by atoms with Gasteiger partial charge in [-0.3, -0.25) is 4.79 Å². The first kappa shape index (κ1) is 10.3. The van der Waals surface area contributed by atoms with Crippen LogP contribution in [0.1, 0.15) is 32.6 Å². The van der Waals surface area contributed by atoms with Gasteiger partial charge in [0.1, 0.15) is 0 Å². The Morgan fingerprint density at radius 1 is 1.62 bits per heavy atom. The van der Waals surface area contributed by atoms with Crippen molar-refractivity contribution in [2.75, 3.05) is 0 Å². The minimum atomic E-state index is -0.683. The Morgan fingerprint density at radius 3 is 3.15 bits per heavy atom. The van der Waals surface area contributed by atoms with E-state index in [1.54, 1.807) is 6.08 Å². The van der Waals surface area contributed by atoms with Crippen LogP contribution in [0.4, 0.5) is 0 Å². The van der Waals surface area contributed by atoms with E-state index in [-0.39, 0.29) is 18.5 Å². The second-order valence-corrected chi connectivity index (χ2v) is 3.43. The molecule has 1 rings (SSSR count). The lowest BCUT2D eigenvalue weighted by atomic mass is 10.1. The van der Waals surface area contributed by atoms with Gasteiger partial charge < -0.3 is 9.84 Å². The molecule has 0 fully saturated rings. The van der Waals surface area contributed by atoms with Gasteiger partial charge in [0.25, 0.3) is 0 Å². The predicted octanol–water partition coefficient (Wildman–Crippen LogP) is 1.41. The summed E-state index contributed by atoms with van der Waals surface area (Å²) in [5, 5.41) is 9.30. The maximum atomic E-state index is 11.1. The minimum absolute atomic E-state index is 0.0220. The first-order chi connectivity index (χ1) is 6.18. The number of aliphatic hydroxyl groups excluding tert-OH is 1. The highest BCUT2D eigenvalue weighted by Crippen LogP contribution is 2.10. The third-order valence-electron chi connectivity index (χ3n) is 2.05. The summed E-state index contributed by atoms with van der Waals surface area (Å²) in [4.78, 5) is 11.1. The van der Waals surface area contributed by atoms with Gasteiger partial charge in [-0.1, -0.05) is 12.2 Å². The normalized spacial score (nSPS) is 33.5. The Labute approximate surface area is 78.4 Å². The largest absolute Gasteiger partial charge is 0.463 e. The quantitative estimate of drug-likeness (QED) is 0.457. The minimum Gasteiger partial charge on any atom is -0.463 e. The Morgan fingerprint density at radius 2 is 2.38 bits per heavy atom. The predicted molar refractivity (Wildman–Crippen MR) is 49.2 cm³/mol. The fraction of sp³-hybridized carbons (Fsp3) is 0.700.